The van der Waals surface area contributed by atoms with Gasteiger partial charge in [0.2, 0.25) is 0 Å². The molecule has 4 heteroatoms. The van der Waals surface area contributed by atoms with Crippen molar-refractivity contribution in [1.82, 2.24) is 0 Å². The van der Waals surface area contributed by atoms with E-state index in [-0.39, 0.29) is 11.1 Å². The molecule has 1 aromatic rings. The molecule has 2 nitrogen and oxygen atoms in total. The highest BCUT2D eigenvalue weighted by molar-refractivity contribution is 9.09. The maximum Gasteiger partial charge on any atom is 0.177 e. The van der Waals surface area contributed by atoms with Gasteiger partial charge in [0.15, 0.2) is 5.78 Å². The summed E-state index contributed by atoms with van der Waals surface area (Å²) in [7, 11) is 1.52. The molecule has 0 aromatic heterocycles. The van der Waals surface area contributed by atoms with E-state index in [9.17, 15) is 4.79 Å². The molecule has 0 unspecified atom stereocenters. The van der Waals surface area contributed by atoms with E-state index in [0.717, 1.165) is 5.56 Å². The Labute approximate surface area is 96.3 Å². The number of carbonyl (C=O) groups is 1. The summed E-state index contributed by atoms with van der Waals surface area (Å²) in [5, 5.41) is 0.858. The van der Waals surface area contributed by atoms with Gasteiger partial charge in [-0.25, -0.2) is 0 Å². The van der Waals surface area contributed by atoms with Crippen molar-refractivity contribution in [1.29, 1.82) is 0 Å². The van der Waals surface area contributed by atoms with Crippen molar-refractivity contribution in [3.8, 4) is 5.75 Å². The molecule has 0 aliphatic heterocycles. The Morgan fingerprint density at radius 2 is 2.21 bits per heavy atom. The van der Waals surface area contributed by atoms with E-state index in [1.54, 1.807) is 12.1 Å². The van der Waals surface area contributed by atoms with Crippen LogP contribution in [0.1, 0.15) is 15.9 Å². The van der Waals surface area contributed by atoms with E-state index in [1.807, 2.05) is 6.92 Å². The number of benzene rings is 1. The van der Waals surface area contributed by atoms with Crippen LogP contribution in [-0.4, -0.2) is 18.2 Å². The van der Waals surface area contributed by atoms with Crippen LogP contribution >= 0.6 is 27.5 Å². The van der Waals surface area contributed by atoms with Crippen LogP contribution in [0.2, 0.25) is 5.02 Å². The fourth-order valence-electron chi connectivity index (χ4n) is 1.30. The minimum absolute atomic E-state index is 0.00369. The monoisotopic (exact) mass is 276 g/mol. The van der Waals surface area contributed by atoms with Crippen LogP contribution in [0.3, 0.4) is 0 Å². The van der Waals surface area contributed by atoms with Crippen molar-refractivity contribution in [2.75, 3.05) is 12.4 Å². The third-order valence-electron chi connectivity index (χ3n) is 1.88. The highest BCUT2D eigenvalue weighted by Crippen LogP contribution is 2.27. The van der Waals surface area contributed by atoms with Gasteiger partial charge < -0.3 is 4.74 Å². The standard InChI is InChI=1S/C10H10BrClO2/c1-6-3-7(12)4-9(14-2)10(6)8(13)5-11/h3-4H,5H2,1-2H3. The molecule has 14 heavy (non-hydrogen) atoms. The zero-order chi connectivity index (χ0) is 10.7. The maximum atomic E-state index is 11.6. The second-order valence-corrected chi connectivity index (χ2v) is 3.85. The summed E-state index contributed by atoms with van der Waals surface area (Å²) >= 11 is 8.98. The van der Waals surface area contributed by atoms with Gasteiger partial charge in [-0.05, 0) is 24.6 Å². The highest BCUT2D eigenvalue weighted by Gasteiger charge is 2.14. The molecule has 0 N–H and O–H groups in total. The Balaban J connectivity index is 3.32. The molecule has 0 heterocycles. The van der Waals surface area contributed by atoms with Crippen LogP contribution in [0.25, 0.3) is 0 Å². The first-order valence-corrected chi connectivity index (χ1v) is 5.53. The van der Waals surface area contributed by atoms with Gasteiger partial charge in [0.1, 0.15) is 5.75 Å². The number of alkyl halides is 1. The van der Waals surface area contributed by atoms with E-state index in [2.05, 4.69) is 15.9 Å². The molecule has 1 rings (SSSR count). The third-order valence-corrected chi connectivity index (χ3v) is 2.61. The molecule has 0 amide bonds. The van der Waals surface area contributed by atoms with Crippen LogP contribution < -0.4 is 4.74 Å². The third kappa shape index (κ3) is 2.28. The summed E-state index contributed by atoms with van der Waals surface area (Å²) in [6.07, 6.45) is 0. The Hall–Kier alpha value is -0.540. The predicted octanol–water partition coefficient (Wildman–Crippen LogP) is 3.23. The lowest BCUT2D eigenvalue weighted by molar-refractivity contribution is 0.102. The maximum absolute atomic E-state index is 11.6. The molecule has 0 fully saturated rings. The molecule has 0 atom stereocenters. The number of ketones is 1. The average molecular weight is 278 g/mol. The number of hydrogen-bond donors (Lipinski definition) is 0. The molecule has 0 bridgehead atoms. The molecule has 0 saturated carbocycles. The van der Waals surface area contributed by atoms with Gasteiger partial charge in [-0.3, -0.25) is 4.79 Å². The summed E-state index contributed by atoms with van der Waals surface area (Å²) in [5.74, 6) is 0.524. The summed E-state index contributed by atoms with van der Waals surface area (Å²) in [4.78, 5) is 11.6. The Morgan fingerprint density at radius 3 is 2.71 bits per heavy atom. The fraction of sp³-hybridized carbons (Fsp3) is 0.300. The van der Waals surface area contributed by atoms with Crippen LogP contribution in [0.15, 0.2) is 12.1 Å². The number of hydrogen-bond acceptors (Lipinski definition) is 2. The molecule has 0 aliphatic rings. The second kappa shape index (κ2) is 4.80. The number of halogens is 2. The number of rotatable bonds is 3. The van der Waals surface area contributed by atoms with Gasteiger partial charge in [-0.2, -0.15) is 0 Å². The Kier molecular flexibility index (Phi) is 3.96. The zero-order valence-electron chi connectivity index (χ0n) is 7.93. The minimum atomic E-state index is -0.00369. The predicted molar refractivity (Wildman–Crippen MR) is 60.9 cm³/mol. The number of ether oxygens (including phenoxy) is 1. The molecule has 0 aliphatic carbocycles. The van der Waals surface area contributed by atoms with Crippen LogP contribution in [0.5, 0.6) is 5.75 Å². The van der Waals surface area contributed by atoms with E-state index in [1.165, 1.54) is 7.11 Å². The van der Waals surface area contributed by atoms with Gasteiger partial charge in [0.05, 0.1) is 18.0 Å². The van der Waals surface area contributed by atoms with E-state index in [4.69, 9.17) is 16.3 Å². The van der Waals surface area contributed by atoms with Gasteiger partial charge >= 0.3 is 0 Å². The molecule has 0 spiro atoms. The number of aryl methyl sites for hydroxylation is 1. The van der Waals surface area contributed by atoms with Crippen molar-refractivity contribution in [2.24, 2.45) is 0 Å². The first-order valence-electron chi connectivity index (χ1n) is 4.03. The summed E-state index contributed by atoms with van der Waals surface area (Å²) < 4.78 is 5.10. The average Bonchev–Trinajstić information content (AvgIpc) is 2.15. The van der Waals surface area contributed by atoms with Crippen LogP contribution in [0, 0.1) is 6.92 Å². The Morgan fingerprint density at radius 1 is 1.57 bits per heavy atom. The lowest BCUT2D eigenvalue weighted by Crippen LogP contribution is -2.05. The first-order chi connectivity index (χ1) is 6.60. The van der Waals surface area contributed by atoms with Crippen molar-refractivity contribution < 1.29 is 9.53 Å². The van der Waals surface area contributed by atoms with E-state index >= 15 is 0 Å². The smallest absolute Gasteiger partial charge is 0.177 e. The highest BCUT2D eigenvalue weighted by atomic mass is 79.9. The molecule has 0 radical (unpaired) electrons. The van der Waals surface area contributed by atoms with Gasteiger partial charge in [-0.1, -0.05) is 27.5 Å². The molecule has 76 valence electrons. The van der Waals surface area contributed by atoms with Crippen molar-refractivity contribution in [3.05, 3.63) is 28.3 Å². The SMILES string of the molecule is COc1cc(Cl)cc(C)c1C(=O)CBr. The van der Waals surface area contributed by atoms with Gasteiger partial charge in [0.25, 0.3) is 0 Å². The molecular formula is C10H10BrClO2. The summed E-state index contributed by atoms with van der Waals surface area (Å²) in [6.45, 7) is 1.84. The van der Waals surface area contributed by atoms with Crippen LogP contribution in [0.4, 0.5) is 0 Å². The normalized spacial score (nSPS) is 10.0. The molecule has 0 saturated heterocycles. The zero-order valence-corrected chi connectivity index (χ0v) is 10.3. The van der Waals surface area contributed by atoms with E-state index < -0.39 is 0 Å². The second-order valence-electron chi connectivity index (χ2n) is 2.86. The van der Waals surface area contributed by atoms with E-state index in [0.29, 0.717) is 16.3 Å². The van der Waals surface area contributed by atoms with Gasteiger partial charge in [0, 0.05) is 5.02 Å². The minimum Gasteiger partial charge on any atom is -0.496 e. The Bertz CT molecular complexity index is 363. The molecule has 1 aromatic carbocycles. The van der Waals surface area contributed by atoms with Crippen molar-refractivity contribution in [3.63, 3.8) is 0 Å². The quantitative estimate of drug-likeness (QED) is 0.626. The van der Waals surface area contributed by atoms with Gasteiger partial charge in [-0.15, -0.1) is 0 Å². The summed E-state index contributed by atoms with van der Waals surface area (Å²) in [6, 6.07) is 3.39. The topological polar surface area (TPSA) is 26.3 Å². The largest absolute Gasteiger partial charge is 0.496 e. The lowest BCUT2D eigenvalue weighted by atomic mass is 10.0. The number of carbonyl (C=O) groups excluding carboxylic acids is 1. The number of Topliss-reactive ketones (excluding diaryl/α,β-unsaturated/α-hetero) is 1. The first kappa shape index (κ1) is 11.5. The van der Waals surface area contributed by atoms with Crippen LogP contribution in [-0.2, 0) is 0 Å². The fourth-order valence-corrected chi connectivity index (χ4v) is 1.84. The summed E-state index contributed by atoms with van der Waals surface area (Å²) in [5.41, 5.74) is 1.42. The lowest BCUT2D eigenvalue weighted by Gasteiger charge is -2.09. The molecular weight excluding hydrogens is 267 g/mol. The van der Waals surface area contributed by atoms with Crippen molar-refractivity contribution in [2.45, 2.75) is 6.92 Å². The van der Waals surface area contributed by atoms with Crippen molar-refractivity contribution >= 4 is 33.3 Å². The number of methoxy groups -OCH3 is 1.